The van der Waals surface area contributed by atoms with Crippen LogP contribution in [-0.2, 0) is 7.05 Å². The molecule has 0 aliphatic carbocycles. The van der Waals surface area contributed by atoms with Crippen LogP contribution in [0.4, 0.5) is 0 Å². The van der Waals surface area contributed by atoms with Gasteiger partial charge < -0.3 is 5.11 Å². The fraction of sp³-hybridized carbons (Fsp3) is 0.125. The summed E-state index contributed by atoms with van der Waals surface area (Å²) in [4.78, 5) is 0. The minimum Gasteiger partial charge on any atom is -0.508 e. The summed E-state index contributed by atoms with van der Waals surface area (Å²) in [5.41, 5.74) is 0.918. The van der Waals surface area contributed by atoms with Crippen LogP contribution in [0.2, 0.25) is 0 Å². The summed E-state index contributed by atoms with van der Waals surface area (Å²) in [6.07, 6.45) is 0. The van der Waals surface area contributed by atoms with Crippen LogP contribution in [0, 0.1) is 0 Å². The Morgan fingerprint density at radius 3 is 3.00 bits per heavy atom. The van der Waals surface area contributed by atoms with E-state index in [0.29, 0.717) is 0 Å². The third-order valence-electron chi connectivity index (χ3n) is 1.79. The zero-order chi connectivity index (χ0) is 8.72. The summed E-state index contributed by atoms with van der Waals surface area (Å²) in [7, 11) is 1.84. The molecule has 3 nitrogen and oxygen atoms in total. The number of nitrogens with zero attached hydrogens (tertiary/aromatic N) is 2. The second kappa shape index (κ2) is 2.48. The van der Waals surface area contributed by atoms with Crippen LogP contribution in [0.1, 0.15) is 0 Å². The number of fused-ring (bicyclic) bond motifs is 1. The predicted molar refractivity (Wildman–Crippen MR) is 50.1 cm³/mol. The molecule has 62 valence electrons. The van der Waals surface area contributed by atoms with Gasteiger partial charge >= 0.3 is 0 Å². The average Bonchev–Trinajstić information content (AvgIpc) is 2.28. The van der Waals surface area contributed by atoms with E-state index in [1.165, 1.54) is 0 Å². The number of phenols is 1. The lowest BCUT2D eigenvalue weighted by Crippen LogP contribution is -1.88. The first-order valence-corrected chi connectivity index (χ1v) is 4.29. The Bertz CT molecular complexity index is 436. The molecule has 0 aliphatic heterocycles. The Morgan fingerprint density at radius 2 is 2.25 bits per heavy atom. The molecule has 0 fully saturated rings. The standard InChI is InChI=1S/C8H7BrN2O/c1-11-7-4-5(12)2-3-6(7)8(9)10-11/h2-4,12H,1H3. The minimum atomic E-state index is 0.262. The molecule has 0 amide bonds. The van der Waals surface area contributed by atoms with Crippen molar-refractivity contribution in [2.45, 2.75) is 0 Å². The van der Waals surface area contributed by atoms with E-state index >= 15 is 0 Å². The van der Waals surface area contributed by atoms with Crippen molar-refractivity contribution in [3.8, 4) is 5.75 Å². The summed E-state index contributed by atoms with van der Waals surface area (Å²) in [5, 5.41) is 14.4. The van der Waals surface area contributed by atoms with Gasteiger partial charge in [0.15, 0.2) is 0 Å². The minimum absolute atomic E-state index is 0.262. The molecule has 12 heavy (non-hydrogen) atoms. The molecular formula is C8H7BrN2O. The van der Waals surface area contributed by atoms with Crippen LogP contribution < -0.4 is 0 Å². The van der Waals surface area contributed by atoms with Crippen LogP contribution in [0.5, 0.6) is 5.75 Å². The molecule has 1 aromatic carbocycles. The molecule has 2 aromatic rings. The van der Waals surface area contributed by atoms with E-state index in [0.717, 1.165) is 15.5 Å². The molecule has 1 heterocycles. The number of aromatic nitrogens is 2. The Balaban J connectivity index is 2.90. The van der Waals surface area contributed by atoms with E-state index in [1.54, 1.807) is 16.8 Å². The highest BCUT2D eigenvalue weighted by molar-refractivity contribution is 9.10. The van der Waals surface area contributed by atoms with Crippen LogP contribution in [-0.4, -0.2) is 14.9 Å². The van der Waals surface area contributed by atoms with Gasteiger partial charge in [-0.15, -0.1) is 0 Å². The van der Waals surface area contributed by atoms with Crippen LogP contribution in [0.3, 0.4) is 0 Å². The average molecular weight is 227 g/mol. The second-order valence-electron chi connectivity index (χ2n) is 2.62. The van der Waals surface area contributed by atoms with Gasteiger partial charge in [-0.05, 0) is 28.1 Å². The maximum absolute atomic E-state index is 9.21. The Morgan fingerprint density at radius 1 is 1.50 bits per heavy atom. The van der Waals surface area contributed by atoms with Crippen molar-refractivity contribution in [1.29, 1.82) is 0 Å². The van der Waals surface area contributed by atoms with E-state index < -0.39 is 0 Å². The van der Waals surface area contributed by atoms with Crippen molar-refractivity contribution in [1.82, 2.24) is 9.78 Å². The molecule has 0 atom stereocenters. The summed E-state index contributed by atoms with van der Waals surface area (Å²) in [6, 6.07) is 5.17. The largest absolute Gasteiger partial charge is 0.508 e. The van der Waals surface area contributed by atoms with Crippen molar-refractivity contribution >= 4 is 26.8 Å². The van der Waals surface area contributed by atoms with Crippen molar-refractivity contribution in [2.24, 2.45) is 7.05 Å². The van der Waals surface area contributed by atoms with E-state index in [4.69, 9.17) is 0 Å². The van der Waals surface area contributed by atoms with Crippen molar-refractivity contribution in [3.63, 3.8) is 0 Å². The summed E-state index contributed by atoms with van der Waals surface area (Å²) >= 11 is 3.33. The third-order valence-corrected chi connectivity index (χ3v) is 2.38. The zero-order valence-electron chi connectivity index (χ0n) is 6.45. The van der Waals surface area contributed by atoms with Crippen molar-refractivity contribution < 1.29 is 5.11 Å². The number of benzene rings is 1. The fourth-order valence-electron chi connectivity index (χ4n) is 1.20. The molecule has 1 N–H and O–H groups in total. The van der Waals surface area contributed by atoms with Gasteiger partial charge in [-0.2, -0.15) is 5.10 Å². The van der Waals surface area contributed by atoms with Gasteiger partial charge in [-0.25, -0.2) is 0 Å². The molecular weight excluding hydrogens is 220 g/mol. The Labute approximate surface area is 77.7 Å². The number of rotatable bonds is 0. The normalized spacial score (nSPS) is 10.8. The van der Waals surface area contributed by atoms with Gasteiger partial charge in [-0.3, -0.25) is 4.68 Å². The summed E-state index contributed by atoms with van der Waals surface area (Å²) in [5.74, 6) is 0.262. The molecule has 0 aliphatic rings. The second-order valence-corrected chi connectivity index (χ2v) is 3.37. The highest BCUT2D eigenvalue weighted by Crippen LogP contribution is 2.25. The SMILES string of the molecule is Cn1nc(Br)c2ccc(O)cc21. The first kappa shape index (κ1) is 7.61. The third kappa shape index (κ3) is 0.992. The molecule has 0 saturated carbocycles. The lowest BCUT2D eigenvalue weighted by Gasteiger charge is -1.93. The predicted octanol–water partition coefficient (Wildman–Crippen LogP) is 2.04. The van der Waals surface area contributed by atoms with Gasteiger partial charge in [0.2, 0.25) is 0 Å². The maximum atomic E-state index is 9.21. The highest BCUT2D eigenvalue weighted by atomic mass is 79.9. The molecule has 1 aromatic heterocycles. The maximum Gasteiger partial charge on any atom is 0.135 e. The number of hydrogen-bond acceptors (Lipinski definition) is 2. The van der Waals surface area contributed by atoms with E-state index in [-0.39, 0.29) is 5.75 Å². The molecule has 0 saturated heterocycles. The van der Waals surface area contributed by atoms with Gasteiger partial charge in [-0.1, -0.05) is 0 Å². The van der Waals surface area contributed by atoms with Crippen molar-refractivity contribution in [3.05, 3.63) is 22.8 Å². The zero-order valence-corrected chi connectivity index (χ0v) is 8.04. The topological polar surface area (TPSA) is 38.0 Å². The lowest BCUT2D eigenvalue weighted by atomic mass is 10.2. The number of aromatic hydroxyl groups is 1. The number of phenolic OH excluding ortho intramolecular Hbond substituents is 1. The van der Waals surface area contributed by atoms with Gasteiger partial charge in [0.1, 0.15) is 10.4 Å². The van der Waals surface area contributed by atoms with Crippen LogP contribution in [0.25, 0.3) is 10.9 Å². The van der Waals surface area contributed by atoms with Crippen LogP contribution >= 0.6 is 15.9 Å². The first-order valence-electron chi connectivity index (χ1n) is 3.50. The molecule has 0 bridgehead atoms. The van der Waals surface area contributed by atoms with Gasteiger partial charge in [0.25, 0.3) is 0 Å². The highest BCUT2D eigenvalue weighted by Gasteiger charge is 2.05. The van der Waals surface area contributed by atoms with Gasteiger partial charge in [0.05, 0.1) is 5.52 Å². The Kier molecular flexibility index (Phi) is 1.58. The van der Waals surface area contributed by atoms with E-state index in [9.17, 15) is 5.11 Å². The summed E-state index contributed by atoms with van der Waals surface area (Å²) < 4.78 is 2.53. The lowest BCUT2D eigenvalue weighted by molar-refractivity contribution is 0.476. The van der Waals surface area contributed by atoms with Crippen molar-refractivity contribution in [2.75, 3.05) is 0 Å². The molecule has 4 heteroatoms. The molecule has 0 unspecified atom stereocenters. The molecule has 2 rings (SSSR count). The molecule has 0 spiro atoms. The van der Waals surface area contributed by atoms with Crippen LogP contribution in [0.15, 0.2) is 22.8 Å². The number of aryl methyl sites for hydroxylation is 1. The fourth-order valence-corrected chi connectivity index (χ4v) is 1.77. The van der Waals surface area contributed by atoms with Gasteiger partial charge in [0, 0.05) is 18.5 Å². The smallest absolute Gasteiger partial charge is 0.135 e. The number of hydrogen-bond donors (Lipinski definition) is 1. The number of halogens is 1. The first-order chi connectivity index (χ1) is 5.68. The van der Waals surface area contributed by atoms with E-state index in [2.05, 4.69) is 21.0 Å². The summed E-state index contributed by atoms with van der Waals surface area (Å²) in [6.45, 7) is 0. The Hall–Kier alpha value is -1.03. The van der Waals surface area contributed by atoms with E-state index in [1.807, 2.05) is 13.1 Å². The quantitative estimate of drug-likeness (QED) is 0.747. The monoisotopic (exact) mass is 226 g/mol. The molecule has 0 radical (unpaired) electrons.